The van der Waals surface area contributed by atoms with E-state index in [1.54, 1.807) is 18.2 Å². The zero-order valence-electron chi connectivity index (χ0n) is 11.8. The smallest absolute Gasteiger partial charge is 0.344 e. The number of amides is 1. The number of hydrogen-bond donors (Lipinski definition) is 1. The standard InChI is InChI=1S/C14H17BrClNO4/c1-3-9(2)17-13(18)7-21-14(19)8-20-12-5-4-10(16)6-11(12)15/h4-6,9H,3,7-8H2,1-2H3,(H,17,18)/t9-/m0/s1. The number of carbonyl (C=O) groups excluding carboxylic acids is 2. The third kappa shape index (κ3) is 6.82. The molecular formula is C14H17BrClNO4. The van der Waals surface area contributed by atoms with Gasteiger partial charge in [-0.15, -0.1) is 0 Å². The highest BCUT2D eigenvalue weighted by molar-refractivity contribution is 9.10. The van der Waals surface area contributed by atoms with E-state index in [-0.39, 0.29) is 25.2 Å². The van der Waals surface area contributed by atoms with Crippen LogP contribution in [-0.2, 0) is 14.3 Å². The highest BCUT2D eigenvalue weighted by Crippen LogP contribution is 2.27. The van der Waals surface area contributed by atoms with E-state index < -0.39 is 5.97 Å². The van der Waals surface area contributed by atoms with E-state index in [9.17, 15) is 9.59 Å². The second-order valence-electron chi connectivity index (χ2n) is 4.40. The van der Waals surface area contributed by atoms with Gasteiger partial charge in [0.15, 0.2) is 13.2 Å². The van der Waals surface area contributed by atoms with Crippen LogP contribution in [0.15, 0.2) is 22.7 Å². The van der Waals surface area contributed by atoms with E-state index in [0.717, 1.165) is 6.42 Å². The van der Waals surface area contributed by atoms with Crippen LogP contribution in [0.3, 0.4) is 0 Å². The average molecular weight is 379 g/mol. The molecule has 0 spiro atoms. The van der Waals surface area contributed by atoms with Gasteiger partial charge in [0.1, 0.15) is 5.75 Å². The van der Waals surface area contributed by atoms with Gasteiger partial charge in [-0.05, 0) is 47.5 Å². The summed E-state index contributed by atoms with van der Waals surface area (Å²) in [6, 6.07) is 4.99. The van der Waals surface area contributed by atoms with Crippen LogP contribution in [0.2, 0.25) is 5.02 Å². The molecule has 1 N–H and O–H groups in total. The molecule has 1 aromatic rings. The maximum absolute atomic E-state index is 11.5. The minimum absolute atomic E-state index is 0.0532. The van der Waals surface area contributed by atoms with Crippen LogP contribution in [0.1, 0.15) is 20.3 Å². The molecule has 116 valence electrons. The van der Waals surface area contributed by atoms with Crippen molar-refractivity contribution in [3.05, 3.63) is 27.7 Å². The molecule has 0 aliphatic heterocycles. The van der Waals surface area contributed by atoms with Crippen LogP contribution in [0.25, 0.3) is 0 Å². The first-order valence-electron chi connectivity index (χ1n) is 6.45. The van der Waals surface area contributed by atoms with Gasteiger partial charge in [0.2, 0.25) is 0 Å². The van der Waals surface area contributed by atoms with E-state index in [2.05, 4.69) is 21.2 Å². The Morgan fingerprint density at radius 2 is 2.10 bits per heavy atom. The first kappa shape index (κ1) is 17.8. The number of ether oxygens (including phenoxy) is 2. The number of carbonyl (C=O) groups is 2. The number of benzene rings is 1. The Bertz CT molecular complexity index is 510. The van der Waals surface area contributed by atoms with Crippen molar-refractivity contribution in [3.8, 4) is 5.75 Å². The lowest BCUT2D eigenvalue weighted by Gasteiger charge is -2.12. The van der Waals surface area contributed by atoms with Gasteiger partial charge in [0.25, 0.3) is 5.91 Å². The molecule has 0 saturated heterocycles. The van der Waals surface area contributed by atoms with Crippen molar-refractivity contribution in [2.75, 3.05) is 13.2 Å². The molecule has 1 atom stereocenters. The molecule has 0 saturated carbocycles. The topological polar surface area (TPSA) is 64.6 Å². The van der Waals surface area contributed by atoms with Crippen LogP contribution in [0, 0.1) is 0 Å². The summed E-state index contributed by atoms with van der Waals surface area (Å²) in [4.78, 5) is 22.9. The fourth-order valence-electron chi connectivity index (χ4n) is 1.34. The van der Waals surface area contributed by atoms with Crippen LogP contribution >= 0.6 is 27.5 Å². The first-order valence-corrected chi connectivity index (χ1v) is 7.62. The van der Waals surface area contributed by atoms with E-state index in [0.29, 0.717) is 15.2 Å². The molecule has 0 unspecified atom stereocenters. The van der Waals surface area contributed by atoms with Gasteiger partial charge in [-0.1, -0.05) is 18.5 Å². The molecule has 0 heterocycles. The minimum atomic E-state index is -0.615. The molecule has 1 rings (SSSR count). The van der Waals surface area contributed by atoms with E-state index in [4.69, 9.17) is 21.1 Å². The Hall–Kier alpha value is -1.27. The van der Waals surface area contributed by atoms with Gasteiger partial charge in [0.05, 0.1) is 4.47 Å². The molecule has 0 aliphatic carbocycles. The van der Waals surface area contributed by atoms with Gasteiger partial charge >= 0.3 is 5.97 Å². The molecule has 1 amide bonds. The lowest BCUT2D eigenvalue weighted by atomic mass is 10.2. The third-order valence-electron chi connectivity index (χ3n) is 2.62. The van der Waals surface area contributed by atoms with Crippen molar-refractivity contribution in [2.24, 2.45) is 0 Å². The Kier molecular flexibility index (Phi) is 7.53. The molecule has 21 heavy (non-hydrogen) atoms. The lowest BCUT2D eigenvalue weighted by molar-refractivity contribution is -0.150. The molecule has 0 fully saturated rings. The Balaban J connectivity index is 2.32. The number of hydrogen-bond acceptors (Lipinski definition) is 4. The van der Waals surface area contributed by atoms with Crippen LogP contribution < -0.4 is 10.1 Å². The molecular weight excluding hydrogens is 362 g/mol. The van der Waals surface area contributed by atoms with Crippen molar-refractivity contribution in [3.63, 3.8) is 0 Å². The van der Waals surface area contributed by atoms with E-state index >= 15 is 0 Å². The number of rotatable bonds is 7. The molecule has 5 nitrogen and oxygen atoms in total. The van der Waals surface area contributed by atoms with Gasteiger partial charge in [-0.3, -0.25) is 4.79 Å². The van der Waals surface area contributed by atoms with Crippen molar-refractivity contribution in [2.45, 2.75) is 26.3 Å². The average Bonchev–Trinajstić information content (AvgIpc) is 2.44. The summed E-state index contributed by atoms with van der Waals surface area (Å²) in [5.74, 6) is -0.470. The summed E-state index contributed by atoms with van der Waals surface area (Å²) in [5.41, 5.74) is 0. The number of halogens is 2. The highest BCUT2D eigenvalue weighted by atomic mass is 79.9. The summed E-state index contributed by atoms with van der Waals surface area (Å²) in [6.45, 7) is 3.24. The Morgan fingerprint density at radius 3 is 2.71 bits per heavy atom. The lowest BCUT2D eigenvalue weighted by Crippen LogP contribution is -2.35. The first-order chi connectivity index (χ1) is 9.92. The predicted molar refractivity (Wildman–Crippen MR) is 83.5 cm³/mol. The van der Waals surface area contributed by atoms with Gasteiger partial charge in [0, 0.05) is 11.1 Å². The maximum Gasteiger partial charge on any atom is 0.344 e. The number of nitrogens with one attached hydrogen (secondary N) is 1. The fourth-order valence-corrected chi connectivity index (χ4v) is 2.13. The van der Waals surface area contributed by atoms with Crippen LogP contribution in [0.4, 0.5) is 0 Å². The SMILES string of the molecule is CC[C@H](C)NC(=O)COC(=O)COc1ccc(Cl)cc1Br. The zero-order valence-corrected chi connectivity index (χ0v) is 14.2. The molecule has 0 radical (unpaired) electrons. The minimum Gasteiger partial charge on any atom is -0.481 e. The summed E-state index contributed by atoms with van der Waals surface area (Å²) in [6.07, 6.45) is 0.813. The van der Waals surface area contributed by atoms with Gasteiger partial charge in [-0.2, -0.15) is 0 Å². The molecule has 0 bridgehead atoms. The fraction of sp³-hybridized carbons (Fsp3) is 0.429. The van der Waals surface area contributed by atoms with Crippen molar-refractivity contribution >= 4 is 39.4 Å². The summed E-state index contributed by atoms with van der Waals surface area (Å²) < 4.78 is 10.7. The van der Waals surface area contributed by atoms with Crippen LogP contribution in [-0.4, -0.2) is 31.1 Å². The molecule has 1 aromatic carbocycles. The highest BCUT2D eigenvalue weighted by Gasteiger charge is 2.11. The largest absolute Gasteiger partial charge is 0.481 e. The van der Waals surface area contributed by atoms with Gasteiger partial charge in [-0.25, -0.2) is 4.79 Å². The zero-order chi connectivity index (χ0) is 15.8. The van der Waals surface area contributed by atoms with Crippen molar-refractivity contribution in [1.82, 2.24) is 5.32 Å². The Labute approximate surface area is 137 Å². The molecule has 0 aromatic heterocycles. The Morgan fingerprint density at radius 1 is 1.38 bits per heavy atom. The van der Waals surface area contributed by atoms with E-state index in [1.165, 1.54) is 0 Å². The summed E-state index contributed by atoms with van der Waals surface area (Å²) >= 11 is 9.06. The monoisotopic (exact) mass is 377 g/mol. The predicted octanol–water partition coefficient (Wildman–Crippen LogP) is 2.94. The normalized spacial score (nSPS) is 11.6. The van der Waals surface area contributed by atoms with Crippen LogP contribution in [0.5, 0.6) is 5.75 Å². The summed E-state index contributed by atoms with van der Waals surface area (Å²) in [5, 5.41) is 3.25. The van der Waals surface area contributed by atoms with E-state index in [1.807, 2.05) is 13.8 Å². The van der Waals surface area contributed by atoms with Crippen molar-refractivity contribution in [1.29, 1.82) is 0 Å². The quantitative estimate of drug-likeness (QED) is 0.741. The second-order valence-corrected chi connectivity index (χ2v) is 5.69. The van der Waals surface area contributed by atoms with Gasteiger partial charge < -0.3 is 14.8 Å². The summed E-state index contributed by atoms with van der Waals surface area (Å²) in [7, 11) is 0. The molecule has 0 aliphatic rings. The van der Waals surface area contributed by atoms with Crippen molar-refractivity contribution < 1.29 is 19.1 Å². The number of esters is 1. The maximum atomic E-state index is 11.5. The molecule has 7 heteroatoms. The third-order valence-corrected chi connectivity index (χ3v) is 3.48. The second kappa shape index (κ2) is 8.89.